The van der Waals surface area contributed by atoms with Crippen LogP contribution in [0.15, 0.2) is 48.5 Å². The second-order valence-corrected chi connectivity index (χ2v) is 9.50. The summed E-state index contributed by atoms with van der Waals surface area (Å²) in [6.45, 7) is 6.39. The first-order chi connectivity index (χ1) is 17.5. The van der Waals surface area contributed by atoms with E-state index >= 15 is 0 Å². The van der Waals surface area contributed by atoms with Crippen LogP contribution in [0.1, 0.15) is 72.5 Å². The molecule has 1 fully saturated rings. The number of carbonyl (C=O) groups is 2. The Morgan fingerprint density at radius 3 is 2.53 bits per heavy atom. The summed E-state index contributed by atoms with van der Waals surface area (Å²) in [6, 6.07) is 15.4. The monoisotopic (exact) mass is 496 g/mol. The van der Waals surface area contributed by atoms with Gasteiger partial charge < -0.3 is 24.8 Å². The topological polar surface area (TPSA) is 88.1 Å². The highest BCUT2D eigenvalue weighted by Gasteiger charge is 2.24. The van der Waals surface area contributed by atoms with Gasteiger partial charge >= 0.3 is 12.0 Å². The predicted molar refractivity (Wildman–Crippen MR) is 140 cm³/mol. The standard InChI is InChI=1S/C29H40N2O5/c1-3-4-16-30-29(34)31(20-23-11-6-5-7-12-23)17-18-35-25-14-9-15-26(19-25)36-21-24-13-8-10-22(2)27(24)28(32)33/h5-8,10-13,25-26H,3-4,9,14-21H2,1-2H3,(H,30,34)(H,32,33)/t25-,26+/m0/s1. The molecule has 2 atom stereocenters. The third-order valence-corrected chi connectivity index (χ3v) is 6.65. The molecule has 0 heterocycles. The fraction of sp³-hybridized carbons (Fsp3) is 0.517. The molecule has 36 heavy (non-hydrogen) atoms. The molecule has 1 saturated carbocycles. The van der Waals surface area contributed by atoms with Crippen molar-refractivity contribution in [1.82, 2.24) is 10.2 Å². The number of nitrogens with one attached hydrogen (secondary N) is 1. The van der Waals surface area contributed by atoms with Crippen molar-refractivity contribution in [2.75, 3.05) is 19.7 Å². The number of carboxylic acid groups (broad SMARTS) is 1. The first-order valence-electron chi connectivity index (χ1n) is 13.1. The highest BCUT2D eigenvalue weighted by molar-refractivity contribution is 5.91. The second-order valence-electron chi connectivity index (χ2n) is 9.50. The molecule has 1 aliphatic carbocycles. The zero-order valence-electron chi connectivity index (χ0n) is 21.6. The molecule has 2 aromatic rings. The van der Waals surface area contributed by atoms with E-state index in [-0.39, 0.29) is 24.8 Å². The summed E-state index contributed by atoms with van der Waals surface area (Å²) < 4.78 is 12.3. The van der Waals surface area contributed by atoms with Crippen molar-refractivity contribution < 1.29 is 24.2 Å². The van der Waals surface area contributed by atoms with Crippen molar-refractivity contribution in [1.29, 1.82) is 0 Å². The fourth-order valence-electron chi connectivity index (χ4n) is 4.64. The number of hydrogen-bond donors (Lipinski definition) is 2. The van der Waals surface area contributed by atoms with Gasteiger partial charge in [-0.05, 0) is 55.7 Å². The molecule has 0 spiro atoms. The summed E-state index contributed by atoms with van der Waals surface area (Å²) in [5, 5.41) is 12.6. The van der Waals surface area contributed by atoms with Gasteiger partial charge in [-0.15, -0.1) is 0 Å². The van der Waals surface area contributed by atoms with Crippen LogP contribution in [0.5, 0.6) is 0 Å². The van der Waals surface area contributed by atoms with Crippen molar-refractivity contribution in [3.63, 3.8) is 0 Å². The Labute approximate surface area is 214 Å². The van der Waals surface area contributed by atoms with Gasteiger partial charge in [-0.3, -0.25) is 0 Å². The number of hydrogen-bond acceptors (Lipinski definition) is 4. The van der Waals surface area contributed by atoms with Gasteiger partial charge in [0.25, 0.3) is 0 Å². The number of amides is 2. The Bertz CT molecular complexity index is 965. The van der Waals surface area contributed by atoms with Gasteiger partial charge in [-0.25, -0.2) is 9.59 Å². The minimum atomic E-state index is -0.921. The lowest BCUT2D eigenvalue weighted by Gasteiger charge is -2.30. The summed E-state index contributed by atoms with van der Waals surface area (Å²) in [5.41, 5.74) is 2.87. The zero-order chi connectivity index (χ0) is 25.8. The largest absolute Gasteiger partial charge is 0.478 e. The van der Waals surface area contributed by atoms with E-state index in [0.29, 0.717) is 37.4 Å². The lowest BCUT2D eigenvalue weighted by atomic mass is 9.94. The van der Waals surface area contributed by atoms with Gasteiger partial charge in [0.05, 0.1) is 31.0 Å². The molecule has 2 aromatic carbocycles. The quantitative estimate of drug-likeness (QED) is 0.355. The number of urea groups is 1. The Balaban J connectivity index is 1.49. The lowest BCUT2D eigenvalue weighted by Crippen LogP contribution is -2.42. The molecule has 7 heteroatoms. The number of carboxylic acids is 1. The highest BCUT2D eigenvalue weighted by Crippen LogP contribution is 2.25. The van der Waals surface area contributed by atoms with E-state index in [1.165, 1.54) is 0 Å². The van der Waals surface area contributed by atoms with Crippen LogP contribution >= 0.6 is 0 Å². The second kappa shape index (κ2) is 14.6. The van der Waals surface area contributed by atoms with E-state index in [9.17, 15) is 14.7 Å². The first-order valence-corrected chi connectivity index (χ1v) is 13.1. The molecule has 0 aliphatic heterocycles. The van der Waals surface area contributed by atoms with Crippen molar-refractivity contribution in [3.05, 3.63) is 70.8 Å². The molecule has 7 nitrogen and oxygen atoms in total. The normalized spacial score (nSPS) is 17.5. The molecule has 0 bridgehead atoms. The Kier molecular flexibility index (Phi) is 11.2. The predicted octanol–water partition coefficient (Wildman–Crippen LogP) is 5.55. The van der Waals surface area contributed by atoms with Crippen LogP contribution in [0.4, 0.5) is 4.79 Å². The number of carbonyl (C=O) groups excluding carboxylic acids is 1. The van der Waals surface area contributed by atoms with E-state index in [1.807, 2.05) is 60.4 Å². The number of rotatable bonds is 13. The van der Waals surface area contributed by atoms with E-state index < -0.39 is 5.97 Å². The molecule has 196 valence electrons. The average Bonchev–Trinajstić information content (AvgIpc) is 2.87. The van der Waals surface area contributed by atoms with E-state index in [0.717, 1.165) is 49.7 Å². The molecule has 3 rings (SSSR count). The maximum Gasteiger partial charge on any atom is 0.336 e. The van der Waals surface area contributed by atoms with Crippen LogP contribution < -0.4 is 5.32 Å². The molecular formula is C29H40N2O5. The minimum absolute atomic E-state index is 0.0312. The van der Waals surface area contributed by atoms with Crippen molar-refractivity contribution in [2.24, 2.45) is 0 Å². The number of aromatic carboxylic acids is 1. The third kappa shape index (κ3) is 8.64. The smallest absolute Gasteiger partial charge is 0.336 e. The maximum atomic E-state index is 12.8. The Hall–Kier alpha value is -2.90. The van der Waals surface area contributed by atoms with Crippen molar-refractivity contribution >= 4 is 12.0 Å². The molecule has 2 amide bonds. The molecule has 0 saturated heterocycles. The Morgan fingerprint density at radius 2 is 1.81 bits per heavy atom. The van der Waals surface area contributed by atoms with Crippen molar-refractivity contribution in [2.45, 2.75) is 77.7 Å². The van der Waals surface area contributed by atoms with Gasteiger partial charge in [0.15, 0.2) is 0 Å². The van der Waals surface area contributed by atoms with Crippen LogP contribution in [0.3, 0.4) is 0 Å². The number of nitrogens with zero attached hydrogens (tertiary/aromatic N) is 1. The summed E-state index contributed by atoms with van der Waals surface area (Å²) >= 11 is 0. The Morgan fingerprint density at radius 1 is 1.06 bits per heavy atom. The van der Waals surface area contributed by atoms with Gasteiger partial charge in [0.2, 0.25) is 0 Å². The lowest BCUT2D eigenvalue weighted by molar-refractivity contribution is -0.0526. The summed E-state index contributed by atoms with van der Waals surface area (Å²) in [4.78, 5) is 26.2. The molecule has 1 aliphatic rings. The van der Waals surface area contributed by atoms with Crippen LogP contribution in [-0.2, 0) is 22.6 Å². The van der Waals surface area contributed by atoms with Gasteiger partial charge in [-0.2, -0.15) is 0 Å². The van der Waals surface area contributed by atoms with E-state index in [4.69, 9.17) is 9.47 Å². The van der Waals surface area contributed by atoms with Crippen LogP contribution in [0, 0.1) is 6.92 Å². The van der Waals surface area contributed by atoms with Crippen molar-refractivity contribution in [3.8, 4) is 0 Å². The molecule has 0 unspecified atom stereocenters. The van der Waals surface area contributed by atoms with Gasteiger partial charge in [0.1, 0.15) is 0 Å². The molecule has 0 aromatic heterocycles. The number of aryl methyl sites for hydroxylation is 1. The first kappa shape index (κ1) is 27.7. The zero-order valence-corrected chi connectivity index (χ0v) is 21.6. The SMILES string of the molecule is CCCCNC(=O)N(CCO[C@H]1CCC[C@@H](OCc2cccc(C)c2C(=O)O)C1)Cc1ccccc1. The molecule has 2 N–H and O–H groups in total. The van der Waals surface area contributed by atoms with Gasteiger partial charge in [-0.1, -0.05) is 61.9 Å². The minimum Gasteiger partial charge on any atom is -0.478 e. The highest BCUT2D eigenvalue weighted by atomic mass is 16.5. The summed E-state index contributed by atoms with van der Waals surface area (Å²) in [6.07, 6.45) is 5.77. The fourth-order valence-corrected chi connectivity index (χ4v) is 4.64. The van der Waals surface area contributed by atoms with Crippen LogP contribution in [-0.4, -0.2) is 53.9 Å². The maximum absolute atomic E-state index is 12.8. The molecule has 0 radical (unpaired) electrons. The number of benzene rings is 2. The van der Waals surface area contributed by atoms with Crippen LogP contribution in [0.2, 0.25) is 0 Å². The third-order valence-electron chi connectivity index (χ3n) is 6.65. The van der Waals surface area contributed by atoms with E-state index in [1.54, 1.807) is 0 Å². The average molecular weight is 497 g/mol. The number of ether oxygens (including phenoxy) is 2. The number of unbranched alkanes of at least 4 members (excludes halogenated alkanes) is 1. The molecular weight excluding hydrogens is 456 g/mol. The van der Waals surface area contributed by atoms with Crippen LogP contribution in [0.25, 0.3) is 0 Å². The summed E-state index contributed by atoms with van der Waals surface area (Å²) in [5.74, 6) is -0.921. The van der Waals surface area contributed by atoms with Gasteiger partial charge in [0, 0.05) is 19.6 Å². The van der Waals surface area contributed by atoms with E-state index in [2.05, 4.69) is 12.2 Å². The summed E-state index contributed by atoms with van der Waals surface area (Å²) in [7, 11) is 0.